The molecule has 10 heteroatoms. The molecule has 1 atom stereocenters. The lowest BCUT2D eigenvalue weighted by atomic mass is 10.0. The van der Waals surface area contributed by atoms with E-state index in [1.54, 1.807) is 17.0 Å². The van der Waals surface area contributed by atoms with Gasteiger partial charge >= 0.3 is 0 Å². The van der Waals surface area contributed by atoms with Crippen molar-refractivity contribution in [3.05, 3.63) is 99.5 Å². The van der Waals surface area contributed by atoms with Crippen LogP contribution in [0.15, 0.2) is 72.8 Å². The van der Waals surface area contributed by atoms with Crippen molar-refractivity contribution < 1.29 is 18.0 Å². The Balaban J connectivity index is 1.61. The average molecular weight is 645 g/mol. The average Bonchev–Trinajstić information content (AvgIpc) is 3.48. The zero-order chi connectivity index (χ0) is 31.0. The minimum atomic E-state index is -3.71. The first-order valence-corrected chi connectivity index (χ1v) is 17.2. The summed E-state index contributed by atoms with van der Waals surface area (Å²) >= 11 is 12.5. The summed E-state index contributed by atoms with van der Waals surface area (Å²) in [6, 6.07) is 21.5. The Bertz CT molecular complexity index is 1510. The molecule has 0 aliphatic heterocycles. The van der Waals surface area contributed by atoms with Gasteiger partial charge in [0.05, 0.1) is 17.0 Å². The summed E-state index contributed by atoms with van der Waals surface area (Å²) in [5, 5.41) is 3.81. The molecular formula is C33H39Cl2N3O4S. The maximum atomic E-state index is 14.1. The molecule has 1 unspecified atom stereocenters. The minimum Gasteiger partial charge on any atom is -0.352 e. The Kier molecular flexibility index (Phi) is 11.5. The van der Waals surface area contributed by atoms with E-state index in [9.17, 15) is 18.0 Å². The van der Waals surface area contributed by atoms with E-state index in [0.717, 1.165) is 48.6 Å². The molecule has 1 N–H and O–H groups in total. The molecule has 4 rings (SSSR count). The van der Waals surface area contributed by atoms with Crippen molar-refractivity contribution in [3.63, 3.8) is 0 Å². The number of sulfonamides is 1. The van der Waals surface area contributed by atoms with E-state index in [4.69, 9.17) is 23.2 Å². The van der Waals surface area contributed by atoms with Gasteiger partial charge in [-0.3, -0.25) is 13.9 Å². The number of halogens is 2. The summed E-state index contributed by atoms with van der Waals surface area (Å²) in [5.74, 6) is -0.391. The Morgan fingerprint density at radius 1 is 0.977 bits per heavy atom. The molecule has 0 bridgehead atoms. The summed E-state index contributed by atoms with van der Waals surface area (Å²) in [6.45, 7) is 2.28. The summed E-state index contributed by atoms with van der Waals surface area (Å²) in [7, 11) is -3.71. The smallest absolute Gasteiger partial charge is 0.243 e. The topological polar surface area (TPSA) is 86.8 Å². The van der Waals surface area contributed by atoms with Crippen LogP contribution in [0.4, 0.5) is 5.69 Å². The third-order valence-electron chi connectivity index (χ3n) is 7.90. The van der Waals surface area contributed by atoms with Crippen molar-refractivity contribution >= 4 is 50.7 Å². The molecule has 0 aromatic heterocycles. The molecule has 1 fully saturated rings. The number of amides is 2. The zero-order valence-electron chi connectivity index (χ0n) is 24.6. The van der Waals surface area contributed by atoms with E-state index < -0.39 is 16.1 Å². The zero-order valence-corrected chi connectivity index (χ0v) is 27.0. The Morgan fingerprint density at radius 2 is 1.65 bits per heavy atom. The van der Waals surface area contributed by atoms with Gasteiger partial charge in [-0.1, -0.05) is 90.6 Å². The van der Waals surface area contributed by atoms with E-state index in [0.29, 0.717) is 11.4 Å². The SMILES string of the molecule is Cc1ccccc1CN(C(=O)CCCN(c1cc(Cl)ccc1Cl)S(C)(=O)=O)C(Cc1ccccc1)C(=O)NC1CCCC1. The van der Waals surface area contributed by atoms with Crippen LogP contribution in [0.1, 0.15) is 55.2 Å². The van der Waals surface area contributed by atoms with Gasteiger partial charge in [0, 0.05) is 37.0 Å². The van der Waals surface area contributed by atoms with Gasteiger partial charge in [-0.25, -0.2) is 8.42 Å². The molecule has 0 heterocycles. The van der Waals surface area contributed by atoms with Crippen LogP contribution >= 0.6 is 23.2 Å². The summed E-state index contributed by atoms with van der Waals surface area (Å²) < 4.78 is 26.6. The third kappa shape index (κ3) is 9.21. The molecule has 0 spiro atoms. The molecule has 1 aliphatic carbocycles. The first-order chi connectivity index (χ1) is 20.5. The quantitative estimate of drug-likeness (QED) is 0.229. The molecule has 0 radical (unpaired) electrons. The maximum absolute atomic E-state index is 14.1. The molecule has 3 aromatic carbocycles. The lowest BCUT2D eigenvalue weighted by Gasteiger charge is -2.33. The molecule has 3 aromatic rings. The second kappa shape index (κ2) is 15.1. The maximum Gasteiger partial charge on any atom is 0.243 e. The monoisotopic (exact) mass is 643 g/mol. The normalized spacial score (nSPS) is 14.3. The van der Waals surface area contributed by atoms with Crippen molar-refractivity contribution in [2.45, 2.75) is 70.5 Å². The first kappa shape index (κ1) is 32.8. The highest BCUT2D eigenvalue weighted by Crippen LogP contribution is 2.31. The number of hydrogen-bond donors (Lipinski definition) is 1. The van der Waals surface area contributed by atoms with E-state index in [2.05, 4.69) is 5.32 Å². The van der Waals surface area contributed by atoms with E-state index in [-0.39, 0.29) is 54.5 Å². The first-order valence-electron chi connectivity index (χ1n) is 14.6. The largest absolute Gasteiger partial charge is 0.352 e. The van der Waals surface area contributed by atoms with Crippen LogP contribution in [0.5, 0.6) is 0 Å². The Morgan fingerprint density at radius 3 is 2.33 bits per heavy atom. The fourth-order valence-electron chi connectivity index (χ4n) is 5.55. The number of carbonyl (C=O) groups excluding carboxylic acids is 2. The van der Waals surface area contributed by atoms with Crippen molar-refractivity contribution in [2.75, 3.05) is 17.1 Å². The number of rotatable bonds is 13. The van der Waals surface area contributed by atoms with Crippen LogP contribution in [0.25, 0.3) is 0 Å². The molecule has 43 heavy (non-hydrogen) atoms. The van der Waals surface area contributed by atoms with Gasteiger partial charge in [-0.15, -0.1) is 0 Å². The fourth-order valence-corrected chi connectivity index (χ4v) is 6.96. The van der Waals surface area contributed by atoms with Gasteiger partial charge in [-0.05, 0) is 61.1 Å². The van der Waals surface area contributed by atoms with Gasteiger partial charge in [-0.2, -0.15) is 0 Å². The van der Waals surface area contributed by atoms with Gasteiger partial charge in [0.2, 0.25) is 21.8 Å². The molecule has 230 valence electrons. The number of benzene rings is 3. The van der Waals surface area contributed by atoms with Crippen LogP contribution in [-0.2, 0) is 32.6 Å². The molecule has 7 nitrogen and oxygen atoms in total. The number of aryl methyl sites for hydroxylation is 1. The van der Waals surface area contributed by atoms with E-state index in [1.807, 2.05) is 61.5 Å². The van der Waals surface area contributed by atoms with Crippen LogP contribution in [-0.4, -0.2) is 50.0 Å². The lowest BCUT2D eigenvalue weighted by Crippen LogP contribution is -2.52. The second-order valence-electron chi connectivity index (χ2n) is 11.2. The second-order valence-corrected chi connectivity index (χ2v) is 13.9. The Labute approximate surface area is 265 Å². The van der Waals surface area contributed by atoms with E-state index >= 15 is 0 Å². The Hall–Kier alpha value is -3.07. The van der Waals surface area contributed by atoms with Crippen LogP contribution in [0, 0.1) is 6.92 Å². The predicted molar refractivity (Wildman–Crippen MR) is 174 cm³/mol. The molecule has 0 saturated heterocycles. The summed E-state index contributed by atoms with van der Waals surface area (Å²) in [4.78, 5) is 29.6. The van der Waals surface area contributed by atoms with Crippen LogP contribution in [0.3, 0.4) is 0 Å². The van der Waals surface area contributed by atoms with Gasteiger partial charge in [0.15, 0.2) is 0 Å². The van der Waals surface area contributed by atoms with Crippen molar-refractivity contribution in [1.82, 2.24) is 10.2 Å². The molecule has 1 saturated carbocycles. The minimum absolute atomic E-state index is 0.0282. The molecule has 1 aliphatic rings. The van der Waals surface area contributed by atoms with Crippen molar-refractivity contribution in [3.8, 4) is 0 Å². The van der Waals surface area contributed by atoms with Crippen LogP contribution in [0.2, 0.25) is 10.0 Å². The highest BCUT2D eigenvalue weighted by Gasteiger charge is 2.32. The van der Waals surface area contributed by atoms with Crippen molar-refractivity contribution in [2.24, 2.45) is 0 Å². The van der Waals surface area contributed by atoms with Gasteiger partial charge < -0.3 is 10.2 Å². The van der Waals surface area contributed by atoms with Gasteiger partial charge in [0.25, 0.3) is 0 Å². The predicted octanol–water partition coefficient (Wildman–Crippen LogP) is 6.55. The number of carbonyl (C=O) groups is 2. The van der Waals surface area contributed by atoms with Crippen LogP contribution < -0.4 is 9.62 Å². The molecule has 2 amide bonds. The summed E-state index contributed by atoms with van der Waals surface area (Å²) in [5.41, 5.74) is 3.19. The number of anilines is 1. The standard InChI is InChI=1S/C33H39Cl2N3O4S/c1-24-11-6-7-14-26(24)23-37(31(21-25-12-4-3-5-13-25)33(40)36-28-15-8-9-16-28)32(39)17-10-20-38(43(2,41)42)30-22-27(34)18-19-29(30)35/h3-7,11-14,18-19,22,28,31H,8-10,15-17,20-21,23H2,1-2H3,(H,36,40). The van der Waals surface area contributed by atoms with Gasteiger partial charge in [0.1, 0.15) is 6.04 Å². The summed E-state index contributed by atoms with van der Waals surface area (Å²) in [6.07, 6.45) is 5.75. The fraction of sp³-hybridized carbons (Fsp3) is 0.394. The number of hydrogen-bond acceptors (Lipinski definition) is 4. The molecular weight excluding hydrogens is 605 g/mol. The third-order valence-corrected chi connectivity index (χ3v) is 9.64. The highest BCUT2D eigenvalue weighted by atomic mass is 35.5. The number of nitrogens with zero attached hydrogens (tertiary/aromatic N) is 2. The van der Waals surface area contributed by atoms with E-state index in [1.165, 1.54) is 10.4 Å². The lowest BCUT2D eigenvalue weighted by molar-refractivity contribution is -0.141. The van der Waals surface area contributed by atoms with Crippen molar-refractivity contribution in [1.29, 1.82) is 0 Å². The number of nitrogens with one attached hydrogen (secondary N) is 1. The highest BCUT2D eigenvalue weighted by molar-refractivity contribution is 7.92.